The van der Waals surface area contributed by atoms with Crippen LogP contribution < -0.4 is 5.32 Å². The van der Waals surface area contributed by atoms with Crippen LogP contribution in [0.3, 0.4) is 0 Å². The van der Waals surface area contributed by atoms with Crippen LogP contribution in [-0.4, -0.2) is 5.91 Å². The number of hydrogen-bond donors (Lipinski definition) is 1. The highest BCUT2D eigenvalue weighted by Crippen LogP contribution is 2.24. The summed E-state index contributed by atoms with van der Waals surface area (Å²) in [6, 6.07) is 10.00. The van der Waals surface area contributed by atoms with Crippen LogP contribution in [0.5, 0.6) is 0 Å². The van der Waals surface area contributed by atoms with Gasteiger partial charge in [-0.2, -0.15) is 0 Å². The quantitative estimate of drug-likeness (QED) is 0.741. The van der Waals surface area contributed by atoms with Crippen molar-refractivity contribution in [2.75, 3.05) is 5.32 Å². The van der Waals surface area contributed by atoms with Crippen molar-refractivity contribution < 1.29 is 9.18 Å². The van der Waals surface area contributed by atoms with Crippen LogP contribution in [0.1, 0.15) is 11.1 Å². The number of hydrogen-bond acceptors (Lipinski definition) is 1. The van der Waals surface area contributed by atoms with E-state index in [0.29, 0.717) is 15.2 Å². The molecule has 0 aromatic heterocycles. The molecule has 0 saturated carbocycles. The molecule has 0 bridgehead atoms. The Morgan fingerprint density at radius 2 is 1.95 bits per heavy atom. The minimum atomic E-state index is -0.419. The molecule has 0 fully saturated rings. The van der Waals surface area contributed by atoms with Crippen LogP contribution >= 0.6 is 27.5 Å². The SMILES string of the molecule is Cc1cc(Br)c(F)cc1NC(=O)/C=C/c1ccc(Cl)cc1. The molecule has 0 spiro atoms. The molecule has 2 aromatic rings. The molecule has 2 rings (SSSR count). The number of aryl methyl sites for hydroxylation is 1. The number of carbonyl (C=O) groups is 1. The second kappa shape index (κ2) is 6.87. The van der Waals surface area contributed by atoms with Crippen molar-refractivity contribution in [2.45, 2.75) is 6.92 Å². The van der Waals surface area contributed by atoms with E-state index in [9.17, 15) is 9.18 Å². The third kappa shape index (κ3) is 4.41. The van der Waals surface area contributed by atoms with Crippen LogP contribution in [0, 0.1) is 12.7 Å². The molecule has 108 valence electrons. The molecular weight excluding hydrogens is 357 g/mol. The molecule has 0 aliphatic carbocycles. The van der Waals surface area contributed by atoms with Gasteiger partial charge >= 0.3 is 0 Å². The number of benzene rings is 2. The van der Waals surface area contributed by atoms with Gasteiger partial charge in [-0.05, 0) is 64.3 Å². The van der Waals surface area contributed by atoms with E-state index < -0.39 is 5.82 Å². The normalized spacial score (nSPS) is 10.9. The molecule has 0 unspecified atom stereocenters. The van der Waals surface area contributed by atoms with Gasteiger partial charge in [0, 0.05) is 16.8 Å². The van der Waals surface area contributed by atoms with E-state index >= 15 is 0 Å². The van der Waals surface area contributed by atoms with Gasteiger partial charge < -0.3 is 5.32 Å². The van der Waals surface area contributed by atoms with Gasteiger partial charge in [0.05, 0.1) is 4.47 Å². The van der Waals surface area contributed by atoms with Crippen LogP contribution in [0.2, 0.25) is 5.02 Å². The Labute approximate surface area is 135 Å². The summed E-state index contributed by atoms with van der Waals surface area (Å²) in [7, 11) is 0. The lowest BCUT2D eigenvalue weighted by atomic mass is 10.2. The summed E-state index contributed by atoms with van der Waals surface area (Å²) in [5, 5.41) is 3.28. The predicted octanol–water partition coefficient (Wildman–Crippen LogP) is 5.20. The van der Waals surface area contributed by atoms with Crippen molar-refractivity contribution in [1.29, 1.82) is 0 Å². The Balaban J connectivity index is 2.08. The fourth-order valence-electron chi connectivity index (χ4n) is 1.70. The van der Waals surface area contributed by atoms with Gasteiger partial charge in [-0.1, -0.05) is 23.7 Å². The topological polar surface area (TPSA) is 29.1 Å². The number of carbonyl (C=O) groups excluding carboxylic acids is 1. The molecule has 5 heteroatoms. The first-order valence-corrected chi connectivity index (χ1v) is 7.33. The zero-order valence-corrected chi connectivity index (χ0v) is 13.5. The number of anilines is 1. The van der Waals surface area contributed by atoms with Crippen molar-refractivity contribution in [2.24, 2.45) is 0 Å². The third-order valence-corrected chi connectivity index (χ3v) is 3.68. The van der Waals surface area contributed by atoms with E-state index in [1.54, 1.807) is 43.3 Å². The summed E-state index contributed by atoms with van der Waals surface area (Å²) in [6.45, 7) is 1.79. The highest BCUT2D eigenvalue weighted by Gasteiger charge is 2.07. The number of nitrogens with one attached hydrogen (secondary N) is 1. The van der Waals surface area contributed by atoms with E-state index in [1.165, 1.54) is 12.1 Å². The first-order valence-electron chi connectivity index (χ1n) is 6.16. The fourth-order valence-corrected chi connectivity index (χ4v) is 2.28. The van der Waals surface area contributed by atoms with Crippen molar-refractivity contribution in [1.82, 2.24) is 0 Å². The summed E-state index contributed by atoms with van der Waals surface area (Å²) in [6.07, 6.45) is 3.05. The molecule has 0 aliphatic heterocycles. The van der Waals surface area contributed by atoms with Gasteiger partial charge in [0.25, 0.3) is 0 Å². The average Bonchev–Trinajstić information content (AvgIpc) is 2.44. The molecule has 2 nitrogen and oxygen atoms in total. The Morgan fingerprint density at radius 1 is 1.29 bits per heavy atom. The Kier molecular flexibility index (Phi) is 5.15. The maximum atomic E-state index is 13.5. The monoisotopic (exact) mass is 367 g/mol. The standard InChI is InChI=1S/C16H12BrClFNO/c1-10-8-13(17)14(19)9-15(10)20-16(21)7-4-11-2-5-12(18)6-3-11/h2-9H,1H3,(H,20,21)/b7-4+. The Hall–Kier alpha value is -1.65. The first kappa shape index (κ1) is 15.7. The zero-order chi connectivity index (χ0) is 15.4. The number of amides is 1. The van der Waals surface area contributed by atoms with Crippen LogP contribution in [0.4, 0.5) is 10.1 Å². The largest absolute Gasteiger partial charge is 0.322 e. The lowest BCUT2D eigenvalue weighted by molar-refractivity contribution is -0.111. The highest BCUT2D eigenvalue weighted by molar-refractivity contribution is 9.10. The maximum absolute atomic E-state index is 13.5. The predicted molar refractivity (Wildman–Crippen MR) is 88.0 cm³/mol. The molecule has 0 radical (unpaired) electrons. The van der Waals surface area contributed by atoms with Crippen molar-refractivity contribution >= 4 is 45.2 Å². The van der Waals surface area contributed by atoms with E-state index in [4.69, 9.17) is 11.6 Å². The Bertz CT molecular complexity index is 698. The second-order valence-corrected chi connectivity index (χ2v) is 5.75. The second-order valence-electron chi connectivity index (χ2n) is 4.46. The minimum absolute atomic E-state index is 0.324. The number of halogens is 3. The molecule has 0 aliphatic rings. The summed E-state index contributed by atoms with van der Waals surface area (Å²) < 4.78 is 13.8. The summed E-state index contributed by atoms with van der Waals surface area (Å²) in [5.41, 5.74) is 2.08. The van der Waals surface area contributed by atoms with Crippen LogP contribution in [0.15, 0.2) is 46.9 Å². The van der Waals surface area contributed by atoms with E-state index in [2.05, 4.69) is 21.2 Å². The zero-order valence-electron chi connectivity index (χ0n) is 11.2. The lowest BCUT2D eigenvalue weighted by Crippen LogP contribution is -2.09. The molecule has 1 N–H and O–H groups in total. The molecule has 2 aromatic carbocycles. The van der Waals surface area contributed by atoms with Crippen LogP contribution in [0.25, 0.3) is 6.08 Å². The maximum Gasteiger partial charge on any atom is 0.248 e. The molecule has 0 heterocycles. The minimum Gasteiger partial charge on any atom is -0.322 e. The summed E-state index contributed by atoms with van der Waals surface area (Å²) in [4.78, 5) is 11.8. The van der Waals surface area contributed by atoms with Crippen molar-refractivity contribution in [3.8, 4) is 0 Å². The smallest absolute Gasteiger partial charge is 0.248 e. The van der Waals surface area contributed by atoms with Crippen LogP contribution in [-0.2, 0) is 4.79 Å². The molecule has 1 amide bonds. The summed E-state index contributed by atoms with van der Waals surface area (Å²) >= 11 is 8.89. The lowest BCUT2D eigenvalue weighted by Gasteiger charge is -2.07. The fraction of sp³-hybridized carbons (Fsp3) is 0.0625. The Morgan fingerprint density at radius 3 is 2.62 bits per heavy atom. The number of rotatable bonds is 3. The molecule has 0 atom stereocenters. The van der Waals surface area contributed by atoms with E-state index in [1.807, 2.05) is 0 Å². The van der Waals surface area contributed by atoms with E-state index in [0.717, 1.165) is 11.1 Å². The molecular formula is C16H12BrClFNO. The van der Waals surface area contributed by atoms with Gasteiger partial charge in [-0.3, -0.25) is 4.79 Å². The van der Waals surface area contributed by atoms with Crippen molar-refractivity contribution in [3.05, 3.63) is 68.9 Å². The highest BCUT2D eigenvalue weighted by atomic mass is 79.9. The van der Waals surface area contributed by atoms with Gasteiger partial charge in [0.15, 0.2) is 0 Å². The average molecular weight is 369 g/mol. The van der Waals surface area contributed by atoms with Gasteiger partial charge in [0.2, 0.25) is 5.91 Å². The van der Waals surface area contributed by atoms with E-state index in [-0.39, 0.29) is 5.91 Å². The van der Waals surface area contributed by atoms with Gasteiger partial charge in [-0.25, -0.2) is 4.39 Å². The van der Waals surface area contributed by atoms with Crippen molar-refractivity contribution in [3.63, 3.8) is 0 Å². The van der Waals surface area contributed by atoms with Gasteiger partial charge in [0.1, 0.15) is 5.82 Å². The molecule has 0 saturated heterocycles. The first-order chi connectivity index (χ1) is 9.95. The molecule has 21 heavy (non-hydrogen) atoms. The van der Waals surface area contributed by atoms with Gasteiger partial charge in [-0.15, -0.1) is 0 Å². The third-order valence-electron chi connectivity index (χ3n) is 2.82. The summed E-state index contributed by atoms with van der Waals surface area (Å²) in [5.74, 6) is -0.743.